The minimum absolute atomic E-state index is 0.00695. The van der Waals surface area contributed by atoms with Crippen molar-refractivity contribution in [3.05, 3.63) is 96.2 Å². The van der Waals surface area contributed by atoms with Crippen molar-refractivity contribution in [2.45, 2.75) is 145 Å². The molecule has 0 spiro atoms. The molecule has 0 aliphatic heterocycles. The number of carbonyl (C=O) groups excluding carboxylic acids is 4. The summed E-state index contributed by atoms with van der Waals surface area (Å²) in [6.45, 7) is 15.8. The van der Waals surface area contributed by atoms with Crippen molar-refractivity contribution in [1.82, 2.24) is 10.6 Å². The van der Waals surface area contributed by atoms with Gasteiger partial charge < -0.3 is 10.6 Å². The third-order valence-electron chi connectivity index (χ3n) is 15.4. The Kier molecular flexibility index (Phi) is 16.2. The van der Waals surface area contributed by atoms with Crippen molar-refractivity contribution in [3.63, 3.8) is 0 Å². The van der Waals surface area contributed by atoms with Gasteiger partial charge in [0.25, 0.3) is 0 Å². The van der Waals surface area contributed by atoms with E-state index in [0.717, 1.165) is 89.0 Å². The van der Waals surface area contributed by atoms with Gasteiger partial charge in [-0.2, -0.15) is 5.26 Å². The van der Waals surface area contributed by atoms with Crippen LogP contribution in [0.2, 0.25) is 0 Å². The molecule has 0 bridgehead atoms. The Morgan fingerprint density at radius 2 is 1.31 bits per heavy atom. The molecule has 3 saturated carbocycles. The Bertz CT molecular complexity index is 1910. The van der Waals surface area contributed by atoms with Gasteiger partial charge >= 0.3 is 0 Å². The summed E-state index contributed by atoms with van der Waals surface area (Å²) in [6.07, 6.45) is 42.4. The van der Waals surface area contributed by atoms with E-state index in [9.17, 15) is 24.4 Å². The van der Waals surface area contributed by atoms with Crippen LogP contribution in [-0.2, 0) is 19.2 Å². The van der Waals surface area contributed by atoms with Crippen LogP contribution in [0.5, 0.6) is 0 Å². The van der Waals surface area contributed by atoms with Gasteiger partial charge in [0.15, 0.2) is 11.6 Å². The molecule has 5 aliphatic rings. The highest BCUT2D eigenvalue weighted by Crippen LogP contribution is 2.70. The number of fused-ring (bicyclic) bond motifs is 7. The summed E-state index contributed by atoms with van der Waals surface area (Å²) < 4.78 is 0. The van der Waals surface area contributed by atoms with E-state index in [1.54, 1.807) is 0 Å². The lowest BCUT2D eigenvalue weighted by molar-refractivity contribution is -0.161. The van der Waals surface area contributed by atoms with Crippen LogP contribution in [0.1, 0.15) is 145 Å². The van der Waals surface area contributed by atoms with Gasteiger partial charge in [0.2, 0.25) is 11.8 Å². The first-order chi connectivity index (χ1) is 29.1. The van der Waals surface area contributed by atoms with E-state index in [-0.39, 0.29) is 63.5 Å². The normalized spacial score (nSPS) is 31.8. The SMILES string of the molecule is CC/C=C\C/C=C\C/C=C\C/C=C\C/C=C\C/C=C\CCC(=O)NCCNC(=O)C12CCC3C(C(=O)C=C4C5(C)C=C(C#N)C(=O)C(C)(C)C5CCC43C)C1CC(C)(C)CC2. The highest BCUT2D eigenvalue weighted by atomic mass is 16.2. The Morgan fingerprint density at radius 1 is 0.738 bits per heavy atom. The average molecular weight is 830 g/mol. The molecule has 5 aliphatic carbocycles. The van der Waals surface area contributed by atoms with Crippen molar-refractivity contribution in [3.8, 4) is 6.07 Å². The topological polar surface area (TPSA) is 116 Å². The lowest BCUT2D eigenvalue weighted by atomic mass is 9.38. The van der Waals surface area contributed by atoms with E-state index < -0.39 is 16.2 Å². The number of hydrogen-bond acceptors (Lipinski definition) is 5. The first-order valence-corrected chi connectivity index (χ1v) is 23.5. The summed E-state index contributed by atoms with van der Waals surface area (Å²) in [5.74, 6) is -0.215. The van der Waals surface area contributed by atoms with Crippen LogP contribution >= 0.6 is 0 Å². The molecule has 7 heteroatoms. The van der Waals surface area contributed by atoms with Gasteiger partial charge in [0.05, 0.1) is 11.0 Å². The lowest BCUT2D eigenvalue weighted by Crippen LogP contribution is -2.63. The lowest BCUT2D eigenvalue weighted by Gasteiger charge is -2.64. The molecule has 0 radical (unpaired) electrons. The fraction of sp³-hybridized carbons (Fsp3) is 0.611. The van der Waals surface area contributed by atoms with E-state index in [0.29, 0.717) is 25.9 Å². The molecule has 0 aromatic rings. The van der Waals surface area contributed by atoms with Gasteiger partial charge in [0, 0.05) is 36.3 Å². The van der Waals surface area contributed by atoms with Crippen molar-refractivity contribution in [1.29, 1.82) is 5.26 Å². The summed E-state index contributed by atoms with van der Waals surface area (Å²) in [7, 11) is 0. The number of rotatable bonds is 18. The van der Waals surface area contributed by atoms with E-state index in [1.165, 1.54) is 0 Å². The highest BCUT2D eigenvalue weighted by Gasteiger charge is 2.66. The quantitative estimate of drug-likeness (QED) is 0.105. The smallest absolute Gasteiger partial charge is 0.226 e. The average Bonchev–Trinajstić information content (AvgIpc) is 3.22. The second-order valence-corrected chi connectivity index (χ2v) is 20.3. The van der Waals surface area contributed by atoms with Gasteiger partial charge in [-0.05, 0) is 125 Å². The molecular weight excluding hydrogens is 755 g/mol. The zero-order chi connectivity index (χ0) is 44.3. The largest absolute Gasteiger partial charge is 0.354 e. The molecule has 0 saturated heterocycles. The maximum absolute atomic E-state index is 14.6. The molecule has 0 heterocycles. The van der Waals surface area contributed by atoms with Crippen LogP contribution < -0.4 is 10.6 Å². The molecule has 61 heavy (non-hydrogen) atoms. The molecule has 0 aromatic heterocycles. The first kappa shape index (κ1) is 47.7. The zero-order valence-corrected chi connectivity index (χ0v) is 38.5. The number of nitrogens with one attached hydrogen (secondary N) is 2. The van der Waals surface area contributed by atoms with Crippen molar-refractivity contribution < 1.29 is 19.2 Å². The fourth-order valence-corrected chi connectivity index (χ4v) is 12.2. The molecule has 7 atom stereocenters. The van der Waals surface area contributed by atoms with Crippen molar-refractivity contribution in [2.24, 2.45) is 50.7 Å². The molecule has 3 fully saturated rings. The maximum atomic E-state index is 14.6. The summed E-state index contributed by atoms with van der Waals surface area (Å²) in [4.78, 5) is 55.0. The standard InChI is InChI=1S/C54H75N3O4/c1-8-9-10-11-12-13-14-15-16-17-18-19-20-21-22-23-24-25-26-27-46(59)56-34-35-57-49(61)54-31-28-41-47(42(54)38-50(2,3)32-33-54)43(58)36-45-52(41,6)30-29-44-51(4,5)48(60)40(39-55)37-53(44,45)7/h9-10,12-13,15-16,18-19,21-22,24-25,36-37,41-42,44,47H,8,11,14,17,20,23,26-35,38H2,1-7H3,(H,56,59)(H,57,61)/b10-9-,13-12-,16-15-,19-18-,22-21-,25-24-. The number of allylic oxidation sites excluding steroid dienone is 16. The van der Waals surface area contributed by atoms with Gasteiger partial charge in [-0.25, -0.2) is 0 Å². The summed E-state index contributed by atoms with van der Waals surface area (Å²) in [6, 6.07) is 2.19. The van der Waals surface area contributed by atoms with E-state index in [4.69, 9.17) is 0 Å². The van der Waals surface area contributed by atoms with Crippen LogP contribution in [0.25, 0.3) is 0 Å². The molecule has 330 valence electrons. The van der Waals surface area contributed by atoms with Gasteiger partial charge in [0.1, 0.15) is 6.07 Å². The Hall–Kier alpha value is -4.31. The van der Waals surface area contributed by atoms with Crippen LogP contribution in [0, 0.1) is 62.1 Å². The fourth-order valence-electron chi connectivity index (χ4n) is 12.2. The molecule has 0 aromatic carbocycles. The maximum Gasteiger partial charge on any atom is 0.226 e. The summed E-state index contributed by atoms with van der Waals surface area (Å²) in [5, 5.41) is 16.2. The monoisotopic (exact) mass is 830 g/mol. The van der Waals surface area contributed by atoms with E-state index in [2.05, 4.69) is 124 Å². The molecule has 7 unspecified atom stereocenters. The third kappa shape index (κ3) is 10.7. The molecule has 2 N–H and O–H groups in total. The Morgan fingerprint density at radius 3 is 1.90 bits per heavy atom. The number of carbonyl (C=O) groups is 4. The molecule has 7 nitrogen and oxygen atoms in total. The third-order valence-corrected chi connectivity index (χ3v) is 15.4. The molecule has 5 rings (SSSR count). The summed E-state index contributed by atoms with van der Waals surface area (Å²) >= 11 is 0. The Labute approximate surface area is 368 Å². The molecular formula is C54H75N3O4. The van der Waals surface area contributed by atoms with Crippen molar-refractivity contribution in [2.75, 3.05) is 13.1 Å². The van der Waals surface area contributed by atoms with Gasteiger partial charge in [-0.1, -0.05) is 133 Å². The van der Waals surface area contributed by atoms with Crippen LogP contribution in [0.3, 0.4) is 0 Å². The second-order valence-electron chi connectivity index (χ2n) is 20.3. The minimum Gasteiger partial charge on any atom is -0.354 e. The minimum atomic E-state index is -0.696. The zero-order valence-electron chi connectivity index (χ0n) is 38.5. The predicted molar refractivity (Wildman–Crippen MR) is 248 cm³/mol. The van der Waals surface area contributed by atoms with Crippen LogP contribution in [0.15, 0.2) is 96.2 Å². The number of amides is 2. The van der Waals surface area contributed by atoms with E-state index >= 15 is 0 Å². The number of ketones is 2. The Balaban J connectivity index is 1.09. The van der Waals surface area contributed by atoms with Gasteiger partial charge in [-0.3, -0.25) is 19.2 Å². The van der Waals surface area contributed by atoms with Crippen LogP contribution in [-0.4, -0.2) is 36.5 Å². The number of nitrogens with zero attached hydrogens (tertiary/aromatic N) is 1. The highest BCUT2D eigenvalue weighted by molar-refractivity contribution is 6.04. The number of Topliss-reactive ketones (excluding diaryl/α,β-unsaturated/α-hetero) is 1. The van der Waals surface area contributed by atoms with E-state index in [1.807, 2.05) is 26.0 Å². The van der Waals surface area contributed by atoms with Crippen molar-refractivity contribution >= 4 is 23.4 Å². The number of hydrogen-bond donors (Lipinski definition) is 2. The molecule has 2 amide bonds. The first-order valence-electron chi connectivity index (χ1n) is 23.5. The number of nitriles is 1. The summed E-state index contributed by atoms with van der Waals surface area (Å²) in [5.41, 5.74) is -0.847. The second kappa shape index (κ2) is 20.7. The van der Waals surface area contributed by atoms with Crippen LogP contribution in [0.4, 0.5) is 0 Å². The van der Waals surface area contributed by atoms with Gasteiger partial charge in [-0.15, -0.1) is 0 Å². The predicted octanol–water partition coefficient (Wildman–Crippen LogP) is 11.5.